The van der Waals surface area contributed by atoms with Crippen LogP contribution in [0.25, 0.3) is 0 Å². The van der Waals surface area contributed by atoms with E-state index in [4.69, 9.17) is 4.74 Å². The van der Waals surface area contributed by atoms with Gasteiger partial charge in [-0.2, -0.15) is 0 Å². The normalized spacial score (nSPS) is 19.5. The lowest BCUT2D eigenvalue weighted by atomic mass is 10.1. The summed E-state index contributed by atoms with van der Waals surface area (Å²) in [6.45, 7) is 5.40. The molecule has 96 valence electrons. The van der Waals surface area contributed by atoms with E-state index in [9.17, 15) is 9.59 Å². The summed E-state index contributed by atoms with van der Waals surface area (Å²) in [5, 5.41) is 2.64. The number of carbonyl (C=O) groups is 2. The molecule has 0 saturated carbocycles. The molecule has 0 saturated heterocycles. The van der Waals surface area contributed by atoms with Crippen LogP contribution < -0.4 is 5.32 Å². The Morgan fingerprint density at radius 3 is 2.59 bits per heavy atom. The lowest BCUT2D eigenvalue weighted by molar-refractivity contribution is -0.143. The van der Waals surface area contributed by atoms with Crippen molar-refractivity contribution in [3.8, 4) is 0 Å². The van der Waals surface area contributed by atoms with E-state index >= 15 is 0 Å². The van der Waals surface area contributed by atoms with Crippen LogP contribution in [0.4, 0.5) is 4.79 Å². The number of methoxy groups -OCH3 is 1. The van der Waals surface area contributed by atoms with Crippen molar-refractivity contribution in [2.24, 2.45) is 5.92 Å². The number of hydrogen-bond donors (Lipinski definition) is 1. The molecule has 0 unspecified atom stereocenters. The minimum atomic E-state index is -0.523. The summed E-state index contributed by atoms with van der Waals surface area (Å²) >= 11 is 0. The maximum absolute atomic E-state index is 11.5. The molecule has 5 heteroatoms. The first-order valence-corrected chi connectivity index (χ1v) is 5.60. The molecule has 1 amide bonds. The second-order valence-electron chi connectivity index (χ2n) is 4.99. The van der Waals surface area contributed by atoms with Gasteiger partial charge in [0.05, 0.1) is 13.0 Å². The molecule has 1 aliphatic rings. The van der Waals surface area contributed by atoms with Crippen molar-refractivity contribution < 1.29 is 19.1 Å². The monoisotopic (exact) mass is 241 g/mol. The highest BCUT2D eigenvalue weighted by molar-refractivity contribution is 5.76. The minimum absolute atomic E-state index is 0.259. The van der Waals surface area contributed by atoms with Crippen molar-refractivity contribution in [2.45, 2.75) is 39.2 Å². The van der Waals surface area contributed by atoms with Crippen molar-refractivity contribution in [1.29, 1.82) is 0 Å². The third-order valence-electron chi connectivity index (χ3n) is 2.29. The lowest BCUT2D eigenvalue weighted by Crippen LogP contribution is -2.31. The summed E-state index contributed by atoms with van der Waals surface area (Å²) in [4.78, 5) is 22.7. The Kier molecular flexibility index (Phi) is 4.15. The van der Waals surface area contributed by atoms with Gasteiger partial charge in [0.25, 0.3) is 0 Å². The van der Waals surface area contributed by atoms with E-state index < -0.39 is 11.7 Å². The fourth-order valence-corrected chi connectivity index (χ4v) is 1.60. The van der Waals surface area contributed by atoms with Gasteiger partial charge in [-0.3, -0.25) is 10.1 Å². The van der Waals surface area contributed by atoms with Crippen molar-refractivity contribution in [1.82, 2.24) is 5.32 Å². The summed E-state index contributed by atoms with van der Waals surface area (Å²) in [5.74, 6) is -0.532. The summed E-state index contributed by atoms with van der Waals surface area (Å²) in [5.41, 5.74) is 0.194. The zero-order chi connectivity index (χ0) is 13.1. The highest BCUT2D eigenvalue weighted by atomic mass is 16.6. The van der Waals surface area contributed by atoms with Gasteiger partial charge in [-0.05, 0) is 33.6 Å². The first kappa shape index (κ1) is 13.5. The number of amides is 1. The molecule has 0 aromatic heterocycles. The van der Waals surface area contributed by atoms with E-state index in [2.05, 4.69) is 10.1 Å². The Balaban J connectivity index is 2.48. The lowest BCUT2D eigenvalue weighted by Gasteiger charge is -2.19. The molecule has 1 atom stereocenters. The predicted molar refractivity (Wildman–Crippen MR) is 62.2 cm³/mol. The molecular formula is C12H19NO4. The molecule has 1 N–H and O–H groups in total. The molecule has 5 nitrogen and oxygen atoms in total. The van der Waals surface area contributed by atoms with Crippen molar-refractivity contribution in [2.75, 3.05) is 7.11 Å². The van der Waals surface area contributed by atoms with E-state index in [1.807, 2.05) is 0 Å². The van der Waals surface area contributed by atoms with Crippen LogP contribution in [0.15, 0.2) is 11.8 Å². The third kappa shape index (κ3) is 4.46. The van der Waals surface area contributed by atoms with Gasteiger partial charge in [0.2, 0.25) is 0 Å². The highest BCUT2D eigenvalue weighted by Crippen LogP contribution is 2.23. The Bertz CT molecular complexity index is 341. The van der Waals surface area contributed by atoms with Crippen LogP contribution in [-0.2, 0) is 14.3 Å². The quantitative estimate of drug-likeness (QED) is 0.751. The van der Waals surface area contributed by atoms with Gasteiger partial charge in [-0.1, -0.05) is 6.08 Å². The summed E-state index contributed by atoms with van der Waals surface area (Å²) < 4.78 is 9.76. The number of nitrogens with one attached hydrogen (secondary N) is 1. The Morgan fingerprint density at radius 2 is 2.06 bits per heavy atom. The van der Waals surface area contributed by atoms with Gasteiger partial charge in [0.1, 0.15) is 5.60 Å². The number of rotatable bonds is 2. The molecule has 0 aromatic carbocycles. The molecule has 0 aromatic rings. The molecule has 0 aliphatic heterocycles. The van der Waals surface area contributed by atoms with E-state index in [-0.39, 0.29) is 11.9 Å². The van der Waals surface area contributed by atoms with Crippen molar-refractivity contribution >= 4 is 12.1 Å². The standard InChI is InChI=1S/C12H19NO4/c1-12(2,3)17-11(15)13-9-6-5-8(7-9)10(14)16-4/h7-8H,5-6H2,1-4H3,(H,13,15)/t8-/m1/s1. The number of esters is 1. The molecule has 0 fully saturated rings. The van der Waals surface area contributed by atoms with Crippen LogP contribution in [0.3, 0.4) is 0 Å². The van der Waals surface area contributed by atoms with E-state index in [1.165, 1.54) is 7.11 Å². The van der Waals surface area contributed by atoms with Gasteiger partial charge in [0, 0.05) is 5.70 Å². The topological polar surface area (TPSA) is 64.6 Å². The largest absolute Gasteiger partial charge is 0.469 e. The molecule has 1 aliphatic carbocycles. The second-order valence-corrected chi connectivity index (χ2v) is 4.99. The first-order valence-electron chi connectivity index (χ1n) is 5.60. The first-order chi connectivity index (χ1) is 7.81. The maximum atomic E-state index is 11.5. The number of allylic oxidation sites excluding steroid dienone is 1. The van der Waals surface area contributed by atoms with Gasteiger partial charge in [-0.15, -0.1) is 0 Å². The van der Waals surface area contributed by atoms with Crippen LogP contribution in [0, 0.1) is 5.92 Å². The van der Waals surface area contributed by atoms with Crippen molar-refractivity contribution in [3.05, 3.63) is 11.8 Å². The summed E-state index contributed by atoms with van der Waals surface area (Å²) in [6.07, 6.45) is 2.54. The fourth-order valence-electron chi connectivity index (χ4n) is 1.60. The Hall–Kier alpha value is -1.52. The van der Waals surface area contributed by atoms with Gasteiger partial charge in [-0.25, -0.2) is 4.79 Å². The summed E-state index contributed by atoms with van der Waals surface area (Å²) in [7, 11) is 1.36. The van der Waals surface area contributed by atoms with Crippen LogP contribution >= 0.6 is 0 Å². The van der Waals surface area contributed by atoms with Gasteiger partial charge >= 0.3 is 12.1 Å². The molecule has 0 bridgehead atoms. The Labute approximate surface area is 101 Å². The van der Waals surface area contributed by atoms with Gasteiger partial charge in [0.15, 0.2) is 0 Å². The average Bonchev–Trinajstić information content (AvgIpc) is 2.62. The molecule has 1 rings (SSSR count). The van der Waals surface area contributed by atoms with E-state index in [0.29, 0.717) is 12.8 Å². The zero-order valence-corrected chi connectivity index (χ0v) is 10.7. The smallest absolute Gasteiger partial charge is 0.411 e. The van der Waals surface area contributed by atoms with E-state index in [0.717, 1.165) is 5.70 Å². The second kappa shape index (κ2) is 5.21. The number of carbonyl (C=O) groups excluding carboxylic acids is 2. The number of hydrogen-bond acceptors (Lipinski definition) is 4. The number of ether oxygens (including phenoxy) is 2. The predicted octanol–water partition coefficient (Wildman–Crippen LogP) is 1.98. The number of alkyl carbamates (subject to hydrolysis) is 1. The van der Waals surface area contributed by atoms with Crippen molar-refractivity contribution in [3.63, 3.8) is 0 Å². The molecule has 0 spiro atoms. The highest BCUT2D eigenvalue weighted by Gasteiger charge is 2.25. The molecule has 17 heavy (non-hydrogen) atoms. The third-order valence-corrected chi connectivity index (χ3v) is 2.29. The van der Waals surface area contributed by atoms with Crippen LogP contribution in [0.5, 0.6) is 0 Å². The van der Waals surface area contributed by atoms with Gasteiger partial charge < -0.3 is 9.47 Å². The molecule has 0 heterocycles. The SMILES string of the molecule is COC(=O)[C@H]1C=C(NC(=O)OC(C)(C)C)CC1. The minimum Gasteiger partial charge on any atom is -0.469 e. The van der Waals surface area contributed by atoms with Crippen LogP contribution in [0.2, 0.25) is 0 Å². The van der Waals surface area contributed by atoms with Crippen LogP contribution in [0.1, 0.15) is 33.6 Å². The fraction of sp³-hybridized carbons (Fsp3) is 0.667. The zero-order valence-electron chi connectivity index (χ0n) is 10.7. The van der Waals surface area contributed by atoms with Crippen LogP contribution in [-0.4, -0.2) is 24.8 Å². The molecule has 0 radical (unpaired) electrons. The summed E-state index contributed by atoms with van der Waals surface area (Å²) in [6, 6.07) is 0. The average molecular weight is 241 g/mol. The van der Waals surface area contributed by atoms with E-state index in [1.54, 1.807) is 26.8 Å². The Morgan fingerprint density at radius 1 is 1.41 bits per heavy atom. The maximum Gasteiger partial charge on any atom is 0.411 e. The molecular weight excluding hydrogens is 222 g/mol.